The molecule has 2 N–H and O–H groups in total. The van der Waals surface area contributed by atoms with Crippen LogP contribution >= 0.6 is 0 Å². The van der Waals surface area contributed by atoms with Crippen LogP contribution in [-0.4, -0.2) is 53.0 Å². The minimum absolute atomic E-state index is 0.00559. The number of hydrogen-bond acceptors (Lipinski definition) is 7. The van der Waals surface area contributed by atoms with Crippen molar-refractivity contribution in [2.45, 2.75) is 124 Å². The first kappa shape index (κ1) is 34.2. The van der Waals surface area contributed by atoms with E-state index in [-0.39, 0.29) is 35.7 Å². The molecule has 2 heterocycles. The zero-order valence-electron chi connectivity index (χ0n) is 26.0. The van der Waals surface area contributed by atoms with Crippen molar-refractivity contribution in [2.24, 2.45) is 29.6 Å². The highest BCUT2D eigenvalue weighted by atomic mass is 16.5. The van der Waals surface area contributed by atoms with E-state index >= 15 is 0 Å². The first-order valence-electron chi connectivity index (χ1n) is 15.4. The molecular formula is C33H54O7. The summed E-state index contributed by atoms with van der Waals surface area (Å²) in [6, 6.07) is 3.67. The molecule has 0 amide bonds. The van der Waals surface area contributed by atoms with Crippen LogP contribution in [0.1, 0.15) is 111 Å². The summed E-state index contributed by atoms with van der Waals surface area (Å²) < 4.78 is 17.2. The molecule has 10 atom stereocenters. The number of hydrogen-bond donors (Lipinski definition) is 2. The van der Waals surface area contributed by atoms with Crippen LogP contribution in [0.25, 0.3) is 6.08 Å². The number of rotatable bonds is 16. The number of furan rings is 1. The van der Waals surface area contributed by atoms with E-state index in [1.54, 1.807) is 26.0 Å². The van der Waals surface area contributed by atoms with E-state index in [0.29, 0.717) is 31.1 Å². The monoisotopic (exact) mass is 562 g/mol. The average Bonchev–Trinajstić information content (AvgIpc) is 3.41. The van der Waals surface area contributed by atoms with Gasteiger partial charge >= 0.3 is 5.97 Å². The average molecular weight is 563 g/mol. The van der Waals surface area contributed by atoms with Gasteiger partial charge < -0.3 is 24.1 Å². The molecule has 1 fully saturated rings. The normalized spacial score (nSPS) is 25.1. The van der Waals surface area contributed by atoms with Crippen LogP contribution in [0, 0.1) is 29.6 Å². The van der Waals surface area contributed by atoms with E-state index in [4.69, 9.17) is 13.9 Å². The summed E-state index contributed by atoms with van der Waals surface area (Å²) >= 11 is 0. The number of aliphatic hydroxyl groups excluding tert-OH is 2. The van der Waals surface area contributed by atoms with Crippen molar-refractivity contribution in [3.63, 3.8) is 0 Å². The number of carbonyl (C=O) groups excluding carboxylic acids is 2. The molecule has 0 aromatic carbocycles. The second-order valence-corrected chi connectivity index (χ2v) is 12.1. The van der Waals surface area contributed by atoms with E-state index in [1.165, 1.54) is 6.08 Å². The molecule has 1 aliphatic heterocycles. The SMILES string of the molecule is CCC[C@H]1CC[C@H](C)[C@H]([C@@H](C)[C@H](O)[C@H](C)C(=O)[C@H](CC)[C@@H](O)[C@@H](C)C[C@@H](C)c2ccc(/C=C/C(=O)OCC)o2)O1. The van der Waals surface area contributed by atoms with Gasteiger partial charge in [-0.1, -0.05) is 54.9 Å². The fraction of sp³-hybridized carbons (Fsp3) is 0.758. The fourth-order valence-electron chi connectivity index (χ4n) is 6.25. The van der Waals surface area contributed by atoms with Gasteiger partial charge in [-0.15, -0.1) is 0 Å². The first-order valence-corrected chi connectivity index (χ1v) is 15.4. The maximum atomic E-state index is 13.6. The van der Waals surface area contributed by atoms with Gasteiger partial charge in [0.25, 0.3) is 0 Å². The molecule has 7 heteroatoms. The van der Waals surface area contributed by atoms with Gasteiger partial charge in [0.05, 0.1) is 31.0 Å². The van der Waals surface area contributed by atoms with Crippen LogP contribution in [0.4, 0.5) is 0 Å². The summed E-state index contributed by atoms with van der Waals surface area (Å²) in [7, 11) is 0. The fourth-order valence-corrected chi connectivity index (χ4v) is 6.25. The van der Waals surface area contributed by atoms with Crippen molar-refractivity contribution in [1.82, 2.24) is 0 Å². The van der Waals surface area contributed by atoms with E-state index in [1.807, 2.05) is 33.8 Å². The number of Topliss-reactive ketones (excluding diaryl/α,β-unsaturated/α-hetero) is 1. The quantitative estimate of drug-likeness (QED) is 0.174. The predicted octanol–water partition coefficient (Wildman–Crippen LogP) is 6.56. The Hall–Kier alpha value is -1.96. The molecule has 1 aromatic rings. The molecule has 0 radical (unpaired) electrons. The molecule has 1 saturated heterocycles. The summed E-state index contributed by atoms with van der Waals surface area (Å²) in [5.41, 5.74) is 0. The molecule has 40 heavy (non-hydrogen) atoms. The number of carbonyl (C=O) groups is 2. The Morgan fingerprint density at radius 3 is 2.40 bits per heavy atom. The van der Waals surface area contributed by atoms with Gasteiger partial charge in [-0.3, -0.25) is 4.79 Å². The van der Waals surface area contributed by atoms with Crippen molar-refractivity contribution in [1.29, 1.82) is 0 Å². The lowest BCUT2D eigenvalue weighted by molar-refractivity contribution is -0.147. The first-order chi connectivity index (χ1) is 18.9. The molecule has 1 aliphatic rings. The van der Waals surface area contributed by atoms with Gasteiger partial charge in [-0.05, 0) is 69.1 Å². The smallest absolute Gasteiger partial charge is 0.330 e. The lowest BCUT2D eigenvalue weighted by Crippen LogP contribution is -2.47. The lowest BCUT2D eigenvalue weighted by Gasteiger charge is -2.41. The number of esters is 1. The zero-order valence-corrected chi connectivity index (χ0v) is 26.0. The lowest BCUT2D eigenvalue weighted by atomic mass is 9.75. The third-order valence-electron chi connectivity index (χ3n) is 8.81. The number of aliphatic hydroxyl groups is 2. The van der Waals surface area contributed by atoms with E-state index in [0.717, 1.165) is 31.4 Å². The van der Waals surface area contributed by atoms with Gasteiger partial charge in [0.2, 0.25) is 0 Å². The molecule has 0 bridgehead atoms. The van der Waals surface area contributed by atoms with Crippen molar-refractivity contribution in [3.05, 3.63) is 29.7 Å². The summed E-state index contributed by atoms with van der Waals surface area (Å²) in [6.07, 6.45) is 6.72. The highest BCUT2D eigenvalue weighted by Gasteiger charge is 2.41. The Balaban J connectivity index is 2.00. The molecule has 0 spiro atoms. The van der Waals surface area contributed by atoms with Gasteiger partial charge in [-0.2, -0.15) is 0 Å². The molecular weight excluding hydrogens is 508 g/mol. The maximum Gasteiger partial charge on any atom is 0.330 e. The van der Waals surface area contributed by atoms with Gasteiger partial charge in [-0.25, -0.2) is 4.79 Å². The Labute approximate surface area is 241 Å². The Bertz CT molecular complexity index is 937. The Kier molecular flexibility index (Phi) is 14.1. The topological polar surface area (TPSA) is 106 Å². The molecule has 0 unspecified atom stereocenters. The van der Waals surface area contributed by atoms with Crippen molar-refractivity contribution in [3.8, 4) is 0 Å². The van der Waals surface area contributed by atoms with Crippen molar-refractivity contribution in [2.75, 3.05) is 6.61 Å². The summed E-state index contributed by atoms with van der Waals surface area (Å²) in [5, 5.41) is 22.6. The van der Waals surface area contributed by atoms with Crippen LogP contribution in [0.3, 0.4) is 0 Å². The van der Waals surface area contributed by atoms with Crippen LogP contribution in [0.5, 0.6) is 0 Å². The third kappa shape index (κ3) is 9.28. The van der Waals surface area contributed by atoms with E-state index < -0.39 is 30.0 Å². The number of ether oxygens (including phenoxy) is 2. The molecule has 2 rings (SSSR count). The largest absolute Gasteiger partial charge is 0.463 e. The van der Waals surface area contributed by atoms with Crippen LogP contribution in [-0.2, 0) is 19.1 Å². The predicted molar refractivity (Wildman–Crippen MR) is 158 cm³/mol. The molecule has 228 valence electrons. The second-order valence-electron chi connectivity index (χ2n) is 12.1. The Morgan fingerprint density at radius 1 is 1.07 bits per heavy atom. The van der Waals surface area contributed by atoms with Crippen molar-refractivity contribution < 1.29 is 33.7 Å². The number of ketones is 1. The minimum Gasteiger partial charge on any atom is -0.463 e. The standard InChI is InChI=1S/C33H54O7/c1-9-12-25-14-13-20(4)33(40-25)24(8)31(36)23(7)32(37)27(10-2)30(35)22(6)19-21(5)28-17-15-26(39-28)16-18-29(34)38-11-3/h15-18,20-25,27,30-31,33,35-36H,9-14,19H2,1-8H3/b18-16+/t20-,21+,22-,23-,24-,25-,27+,30-,31+,33+/m0/s1. The maximum absolute atomic E-state index is 13.6. The van der Waals surface area contributed by atoms with Crippen molar-refractivity contribution >= 4 is 17.8 Å². The van der Waals surface area contributed by atoms with Crippen LogP contribution in [0.2, 0.25) is 0 Å². The Morgan fingerprint density at radius 2 is 1.77 bits per heavy atom. The van der Waals surface area contributed by atoms with E-state index in [9.17, 15) is 19.8 Å². The second kappa shape index (κ2) is 16.5. The molecule has 7 nitrogen and oxygen atoms in total. The highest BCUT2D eigenvalue weighted by molar-refractivity contribution is 5.86. The molecule has 1 aromatic heterocycles. The third-order valence-corrected chi connectivity index (χ3v) is 8.81. The minimum atomic E-state index is -0.833. The highest BCUT2D eigenvalue weighted by Crippen LogP contribution is 2.36. The summed E-state index contributed by atoms with van der Waals surface area (Å²) in [5.74, 6) is -0.360. The molecule has 0 aliphatic carbocycles. The summed E-state index contributed by atoms with van der Waals surface area (Å²) in [4.78, 5) is 25.2. The van der Waals surface area contributed by atoms with Crippen LogP contribution < -0.4 is 0 Å². The van der Waals surface area contributed by atoms with E-state index in [2.05, 4.69) is 13.8 Å². The summed E-state index contributed by atoms with van der Waals surface area (Å²) in [6.45, 7) is 16.1. The zero-order chi connectivity index (χ0) is 30.0. The van der Waals surface area contributed by atoms with Gasteiger partial charge in [0.15, 0.2) is 0 Å². The van der Waals surface area contributed by atoms with Gasteiger partial charge in [0.1, 0.15) is 17.3 Å². The van der Waals surface area contributed by atoms with Gasteiger partial charge in [0, 0.05) is 29.7 Å². The van der Waals surface area contributed by atoms with Crippen LogP contribution in [0.15, 0.2) is 22.6 Å². The molecule has 0 saturated carbocycles.